The molecule has 3 N–H and O–H groups in total. The monoisotopic (exact) mass is 538 g/mol. The first-order chi connectivity index (χ1) is 20.2. The highest BCUT2D eigenvalue weighted by Gasteiger charge is 2.25. The van der Waals surface area contributed by atoms with E-state index >= 15 is 0 Å². The number of aromatic nitrogens is 3. The van der Waals surface area contributed by atoms with Crippen molar-refractivity contribution >= 4 is 34.6 Å². The van der Waals surface area contributed by atoms with Crippen LogP contribution in [0.15, 0.2) is 30.6 Å². The van der Waals surface area contributed by atoms with Gasteiger partial charge in [0, 0.05) is 52.1 Å². The molecule has 0 spiro atoms. The summed E-state index contributed by atoms with van der Waals surface area (Å²) in [6, 6.07) is 4.09. The first kappa shape index (κ1) is 20.8. The Hall–Kier alpha value is -4.17. The maximum atomic E-state index is 14.0. The highest BCUT2D eigenvalue weighted by atomic mass is 19.2. The Morgan fingerprint density at radius 3 is 2.32 bits per heavy atom. The van der Waals surface area contributed by atoms with Gasteiger partial charge in [-0.25, -0.2) is 18.7 Å². The fraction of sp³-hybridized carbons (Fsp3) is 0.375. The quantitative estimate of drug-likeness (QED) is 0.242. The van der Waals surface area contributed by atoms with E-state index in [0.29, 0.717) is 4.90 Å². The molecular formula is C24H30F2N8O4. The second kappa shape index (κ2) is 11.5. The zero-order valence-electron chi connectivity index (χ0n) is 26.9. The van der Waals surface area contributed by atoms with Gasteiger partial charge in [-0.2, -0.15) is 4.98 Å². The van der Waals surface area contributed by atoms with Gasteiger partial charge in [0.1, 0.15) is 17.8 Å². The second-order valence-electron chi connectivity index (χ2n) is 8.63. The summed E-state index contributed by atoms with van der Waals surface area (Å²) in [7, 11) is 2.72. The van der Waals surface area contributed by atoms with Gasteiger partial charge in [-0.1, -0.05) is 0 Å². The number of halogens is 2. The van der Waals surface area contributed by atoms with E-state index in [1.165, 1.54) is 39.0 Å². The number of hydrogen-bond acceptors (Lipinski definition) is 11. The Bertz CT molecular complexity index is 1510. The van der Waals surface area contributed by atoms with Gasteiger partial charge < -0.3 is 30.3 Å². The Morgan fingerprint density at radius 2 is 1.74 bits per heavy atom. The molecule has 12 nitrogen and oxygen atoms in total. The zero-order chi connectivity index (χ0) is 33.2. The van der Waals surface area contributed by atoms with Crippen molar-refractivity contribution in [3.05, 3.63) is 57.9 Å². The first-order valence-corrected chi connectivity index (χ1v) is 11.0. The van der Waals surface area contributed by atoms with Gasteiger partial charge in [-0.15, -0.1) is 0 Å². The van der Waals surface area contributed by atoms with Crippen LogP contribution in [0.25, 0.3) is 0 Å². The minimum atomic E-state index is -2.93. The summed E-state index contributed by atoms with van der Waals surface area (Å²) in [5.41, 5.74) is -1.96. The smallest absolute Gasteiger partial charge is 0.294 e. The van der Waals surface area contributed by atoms with Crippen molar-refractivity contribution in [2.45, 2.75) is 19.4 Å². The maximum Gasteiger partial charge on any atom is 0.294 e. The van der Waals surface area contributed by atoms with E-state index in [1.807, 2.05) is 0 Å². The highest BCUT2D eigenvalue weighted by Crippen LogP contribution is 2.39. The average molecular weight is 539 g/mol. The molecule has 14 heteroatoms. The lowest BCUT2D eigenvalue weighted by atomic mass is 9.96. The molecule has 0 saturated heterocycles. The summed E-state index contributed by atoms with van der Waals surface area (Å²) in [4.78, 5) is 25.0. The van der Waals surface area contributed by atoms with E-state index in [-0.39, 0.29) is 46.8 Å². The molecule has 0 aliphatic heterocycles. The van der Waals surface area contributed by atoms with Crippen molar-refractivity contribution in [1.29, 1.82) is 0 Å². The Balaban J connectivity index is 1.92. The number of nitrogens with zero attached hydrogens (tertiary/aromatic N) is 6. The molecule has 0 radical (unpaired) electrons. The van der Waals surface area contributed by atoms with Crippen LogP contribution < -0.4 is 20.3 Å². The van der Waals surface area contributed by atoms with Crippen LogP contribution in [0.4, 0.5) is 43.4 Å². The Kier molecular flexibility index (Phi) is 6.29. The van der Waals surface area contributed by atoms with Gasteiger partial charge in [0.05, 0.1) is 29.0 Å². The molecule has 1 heterocycles. The van der Waals surface area contributed by atoms with Gasteiger partial charge in [0.15, 0.2) is 11.6 Å². The summed E-state index contributed by atoms with van der Waals surface area (Å²) in [5.74, 6) is -2.54. The van der Waals surface area contributed by atoms with E-state index in [1.54, 1.807) is 0 Å². The van der Waals surface area contributed by atoms with E-state index < -0.39 is 48.3 Å². The standard InChI is InChI=1S/C24H30F2N8O4/c1-24(2,35)14-9-15(25)16(26)10-17(14)29-22-27-13-28-23(31-22)30-18-11-20(34(36)37)19(12-21(18)38-6)33(5)8-7-32(3)4/h9-13,35H,7-8H2,1-6H3,(H2,27,28,29,30,31)/i3D3,4D3. The third kappa shape index (κ3) is 6.77. The molecule has 0 aliphatic carbocycles. The molecule has 3 rings (SSSR count). The van der Waals surface area contributed by atoms with Crippen LogP contribution in [-0.4, -0.2) is 71.1 Å². The minimum Gasteiger partial charge on any atom is -0.494 e. The Labute approximate surface area is 226 Å². The molecule has 0 aliphatic rings. The van der Waals surface area contributed by atoms with Crippen molar-refractivity contribution in [3.63, 3.8) is 0 Å². The van der Waals surface area contributed by atoms with Crippen molar-refractivity contribution in [1.82, 2.24) is 19.9 Å². The predicted molar refractivity (Wildman–Crippen MR) is 139 cm³/mol. The molecule has 0 atom stereocenters. The van der Waals surface area contributed by atoms with Crippen LogP contribution in [0.1, 0.15) is 27.6 Å². The number of likely N-dealkylation sites (N-methyl/N-ethyl adjacent to an activating group) is 2. The zero-order valence-corrected chi connectivity index (χ0v) is 20.9. The molecule has 38 heavy (non-hydrogen) atoms. The SMILES string of the molecule is [2H]C([2H])([2H])N(CCN(C)c1cc(OC)c(Nc2ncnc(Nc3cc(F)c(F)cc3C(C)(C)O)n2)cc1[N+](=O)[O-])C([2H])([2H])[2H]. The summed E-state index contributed by atoms with van der Waals surface area (Å²) < 4.78 is 78.4. The molecule has 204 valence electrons. The number of anilines is 5. The predicted octanol–water partition coefficient (Wildman–Crippen LogP) is 3.78. The third-order valence-electron chi connectivity index (χ3n) is 5.35. The number of hydrogen-bond donors (Lipinski definition) is 3. The lowest BCUT2D eigenvalue weighted by Gasteiger charge is -2.23. The number of ether oxygens (including phenoxy) is 1. The minimum absolute atomic E-state index is 0.00363. The first-order valence-electron chi connectivity index (χ1n) is 14.0. The van der Waals surface area contributed by atoms with Crippen LogP contribution in [0, 0.1) is 21.7 Å². The van der Waals surface area contributed by atoms with Crippen LogP contribution >= 0.6 is 0 Å². The molecule has 2 aromatic carbocycles. The van der Waals surface area contributed by atoms with Crippen LogP contribution in [-0.2, 0) is 5.60 Å². The van der Waals surface area contributed by atoms with Crippen molar-refractivity contribution in [3.8, 4) is 5.75 Å². The fourth-order valence-electron chi connectivity index (χ4n) is 3.46. The van der Waals surface area contributed by atoms with E-state index in [9.17, 15) is 24.0 Å². The van der Waals surface area contributed by atoms with Gasteiger partial charge in [0.2, 0.25) is 11.9 Å². The molecule has 0 unspecified atom stereocenters. The number of nitro benzene ring substituents is 1. The highest BCUT2D eigenvalue weighted by molar-refractivity contribution is 5.76. The maximum absolute atomic E-state index is 14.0. The van der Waals surface area contributed by atoms with Crippen molar-refractivity contribution < 1.29 is 31.8 Å². The van der Waals surface area contributed by atoms with Crippen molar-refractivity contribution in [2.75, 3.05) is 56.7 Å². The number of nitrogens with one attached hydrogen (secondary N) is 2. The molecule has 0 saturated carbocycles. The van der Waals surface area contributed by atoms with Gasteiger partial charge in [-0.05, 0) is 33.9 Å². The van der Waals surface area contributed by atoms with E-state index in [4.69, 9.17) is 13.0 Å². The second-order valence-corrected chi connectivity index (χ2v) is 8.63. The molecule has 0 bridgehead atoms. The average Bonchev–Trinajstić information content (AvgIpc) is 2.88. The lowest BCUT2D eigenvalue weighted by molar-refractivity contribution is -0.384. The van der Waals surface area contributed by atoms with Gasteiger partial charge in [0.25, 0.3) is 5.69 Å². The van der Waals surface area contributed by atoms with Gasteiger partial charge in [-0.3, -0.25) is 10.1 Å². The number of methoxy groups -OCH3 is 1. The fourth-order valence-corrected chi connectivity index (χ4v) is 3.46. The van der Waals surface area contributed by atoms with Crippen LogP contribution in [0.3, 0.4) is 0 Å². The normalized spacial score (nSPS) is 14.4. The third-order valence-corrected chi connectivity index (χ3v) is 5.35. The summed E-state index contributed by atoms with van der Waals surface area (Å²) in [5, 5.41) is 27.9. The number of rotatable bonds is 11. The van der Waals surface area contributed by atoms with E-state index in [2.05, 4.69) is 25.6 Å². The van der Waals surface area contributed by atoms with Crippen LogP contribution in [0.2, 0.25) is 0 Å². The topological polar surface area (TPSA) is 142 Å². The molecule has 3 aromatic rings. The lowest BCUT2D eigenvalue weighted by Crippen LogP contribution is -2.29. The number of nitro groups is 1. The largest absolute Gasteiger partial charge is 0.494 e. The van der Waals surface area contributed by atoms with Crippen molar-refractivity contribution in [2.24, 2.45) is 0 Å². The summed E-state index contributed by atoms with van der Waals surface area (Å²) in [6.07, 6.45) is 1.08. The molecule has 0 fully saturated rings. The molecular weight excluding hydrogens is 502 g/mol. The summed E-state index contributed by atoms with van der Waals surface area (Å²) in [6.45, 7) is -3.76. The molecule has 1 aromatic heterocycles. The van der Waals surface area contributed by atoms with Crippen LogP contribution in [0.5, 0.6) is 5.75 Å². The molecule has 0 amide bonds. The number of benzene rings is 2. The Morgan fingerprint density at radius 1 is 1.11 bits per heavy atom. The van der Waals surface area contributed by atoms with Gasteiger partial charge >= 0.3 is 0 Å². The van der Waals surface area contributed by atoms with E-state index in [0.717, 1.165) is 24.5 Å². The summed E-state index contributed by atoms with van der Waals surface area (Å²) >= 11 is 0. The number of aliphatic hydroxyl groups is 1.